The smallest absolute Gasteiger partial charge is 0.179 e. The first-order valence-corrected chi connectivity index (χ1v) is 46.9. The molecule has 0 amide bonds. The van der Waals surface area contributed by atoms with Crippen molar-refractivity contribution in [2.45, 2.75) is 276 Å². The van der Waals surface area contributed by atoms with Gasteiger partial charge in [0.25, 0.3) is 0 Å². The van der Waals surface area contributed by atoms with Crippen LogP contribution in [0.3, 0.4) is 0 Å². The molecule has 132 heavy (non-hydrogen) atoms. The van der Waals surface area contributed by atoms with Gasteiger partial charge >= 0.3 is 0 Å². The van der Waals surface area contributed by atoms with Gasteiger partial charge in [0.15, 0.2) is 28.9 Å². The molecule has 25 heteroatoms. The van der Waals surface area contributed by atoms with E-state index in [4.69, 9.17) is 47.4 Å². The molecule has 10 fully saturated rings. The summed E-state index contributed by atoms with van der Waals surface area (Å²) in [5.74, 6) is -4.02. The minimum absolute atomic E-state index is 0.106. The number of benzene rings is 5. The number of fused-ring (bicyclic) bond motifs is 15. The second kappa shape index (κ2) is 32.2. The molecular weight excluding hydrogens is 1680 g/mol. The first-order chi connectivity index (χ1) is 63.2. The van der Waals surface area contributed by atoms with Crippen LogP contribution < -0.4 is 0 Å². The Morgan fingerprint density at radius 3 is 0.583 bits per heavy atom. The van der Waals surface area contributed by atoms with Gasteiger partial charge in [0.1, 0.15) is 41.3 Å². The number of aromatic nitrogens is 10. The normalized spacial score (nSPS) is 32.8. The number of hydrogen-bond acceptors (Lipinski definition) is 15. The highest BCUT2D eigenvalue weighted by molar-refractivity contribution is 5.68. The van der Waals surface area contributed by atoms with Crippen molar-refractivity contribution in [1.29, 1.82) is 0 Å². The first kappa shape index (κ1) is 88.2. The summed E-state index contributed by atoms with van der Waals surface area (Å²) in [5.41, 5.74) is 21.4. The van der Waals surface area contributed by atoms with Gasteiger partial charge in [-0.3, -0.25) is 0 Å². The summed E-state index contributed by atoms with van der Waals surface area (Å²) >= 11 is 0. The van der Waals surface area contributed by atoms with Gasteiger partial charge < -0.3 is 47.4 Å². The molecule has 688 valence electrons. The third kappa shape index (κ3) is 13.8. The molecule has 17 atom stereocenters. The fourth-order valence-corrected chi connectivity index (χ4v) is 24.1. The van der Waals surface area contributed by atoms with Crippen LogP contribution in [0.2, 0.25) is 0 Å². The zero-order valence-electron chi connectivity index (χ0n) is 77.2. The highest BCUT2D eigenvalue weighted by Crippen LogP contribution is 2.66. The molecule has 15 aliphatic rings. The Morgan fingerprint density at radius 2 is 0.424 bits per heavy atom. The van der Waals surface area contributed by atoms with Crippen molar-refractivity contribution < 1.29 is 69.3 Å². The molecule has 0 N–H and O–H groups in total. The van der Waals surface area contributed by atoms with Crippen molar-refractivity contribution in [3.8, 4) is 28.4 Å². The summed E-state index contributed by atoms with van der Waals surface area (Å²) in [7, 11) is 0. The second-order valence-corrected chi connectivity index (χ2v) is 40.1. The Morgan fingerprint density at radius 1 is 0.265 bits per heavy atom. The van der Waals surface area contributed by atoms with Crippen molar-refractivity contribution >= 4 is 30.4 Å². The molecule has 0 bridgehead atoms. The van der Waals surface area contributed by atoms with Crippen molar-refractivity contribution in [3.63, 3.8) is 0 Å². The fourth-order valence-electron chi connectivity index (χ4n) is 24.1. The Kier molecular flexibility index (Phi) is 21.5. The molecule has 10 heterocycles. The summed E-state index contributed by atoms with van der Waals surface area (Å²) in [5, 5.41) is 22.8. The molecule has 5 saturated heterocycles. The molecule has 5 aromatic carbocycles. The zero-order valence-corrected chi connectivity index (χ0v) is 77.2. The highest BCUT2D eigenvalue weighted by Gasteiger charge is 2.68. The summed E-state index contributed by atoms with van der Waals surface area (Å²) in [6.07, 6.45) is 38.1. The van der Waals surface area contributed by atoms with E-state index in [1.165, 1.54) is 111 Å². The Balaban J connectivity index is 0.0000000995. The lowest BCUT2D eigenvalue weighted by molar-refractivity contribution is -0.222. The lowest BCUT2D eigenvalue weighted by atomic mass is 9.72. The molecule has 5 saturated carbocycles. The van der Waals surface area contributed by atoms with E-state index in [1.807, 2.05) is 54.4 Å². The van der Waals surface area contributed by atoms with Gasteiger partial charge in [-0.25, -0.2) is 45.4 Å². The van der Waals surface area contributed by atoms with Crippen molar-refractivity contribution in [2.24, 2.45) is 27.1 Å². The third-order valence-corrected chi connectivity index (χ3v) is 32.5. The number of ether oxygens (including phenoxy) is 10. The molecule has 10 aromatic rings. The molecule has 5 aliphatic heterocycles. The number of halogens is 5. The number of nitrogens with zero attached hydrogens (tertiary/aromatic N) is 10. The third-order valence-electron chi connectivity index (χ3n) is 32.5. The standard InChI is InChI=1S/C23H23FN2O2.4C21H23FN2O2/c1-4-20-21(5-2)28-23(27-20)11-10-16-12-19-15(13-22(16,23)3)14-25-26(19)18-8-6-17(24)7-9-18;4*1-13-14(2)26-21(25-13)9-8-16-10-19-15(11-20(16,21)3)12-23-24(19)18-6-4-17(22)5-7-18/h4-9,12,14,20-21H,1-2,10-11,13H2,3H3;4*4-7,10,12-14H,8-9,11H2,1-3H3/t20-,21-,22+;2*13-,14+,20-,21?;13-,14-,20+;13-,14-,20-/m10010/s1. The van der Waals surface area contributed by atoms with Crippen LogP contribution in [0.4, 0.5) is 22.0 Å². The van der Waals surface area contributed by atoms with Crippen LogP contribution in [0.15, 0.2) is 205 Å². The molecule has 20 nitrogen and oxygen atoms in total. The Labute approximate surface area is 767 Å². The minimum Gasteiger partial charge on any atom is -0.343 e. The molecule has 2 unspecified atom stereocenters. The number of rotatable bonds is 7. The summed E-state index contributed by atoms with van der Waals surface area (Å²) in [6, 6.07) is 32.3. The quantitative estimate of drug-likeness (QED) is 0.108. The minimum atomic E-state index is -0.674. The van der Waals surface area contributed by atoms with Gasteiger partial charge in [0.2, 0.25) is 0 Å². The fraction of sp³-hybridized carbons (Fsp3) is 0.449. The average molecular weight is 1800 g/mol. The molecule has 0 radical (unpaired) electrons. The second-order valence-electron chi connectivity index (χ2n) is 40.1. The molecule has 5 spiro atoms. The van der Waals surface area contributed by atoms with E-state index in [9.17, 15) is 22.0 Å². The first-order valence-electron chi connectivity index (χ1n) is 46.9. The summed E-state index contributed by atoms with van der Waals surface area (Å²) < 4.78 is 140. The van der Waals surface area contributed by atoms with Crippen molar-refractivity contribution in [2.75, 3.05) is 0 Å². The maximum absolute atomic E-state index is 13.3. The van der Waals surface area contributed by atoms with E-state index >= 15 is 0 Å². The van der Waals surface area contributed by atoms with Gasteiger partial charge in [-0.1, -0.05) is 74.6 Å². The zero-order chi connectivity index (χ0) is 91.9. The van der Waals surface area contributed by atoms with Crippen LogP contribution in [-0.4, -0.2) is 139 Å². The number of hydrogen-bond donors (Lipinski definition) is 0. The topological polar surface area (TPSA) is 181 Å². The molecular formula is C107H115F5N10O10. The van der Waals surface area contributed by atoms with Crippen LogP contribution >= 0.6 is 0 Å². The van der Waals surface area contributed by atoms with E-state index in [1.54, 1.807) is 72.8 Å². The van der Waals surface area contributed by atoms with E-state index in [0.717, 1.165) is 159 Å². The van der Waals surface area contributed by atoms with Crippen LogP contribution in [-0.2, 0) is 79.5 Å². The van der Waals surface area contributed by atoms with E-state index in [-0.39, 0.29) is 117 Å². The summed E-state index contributed by atoms with van der Waals surface area (Å²) in [4.78, 5) is 0. The van der Waals surface area contributed by atoms with Crippen LogP contribution in [0.5, 0.6) is 0 Å². The summed E-state index contributed by atoms with van der Waals surface area (Å²) in [6.45, 7) is 35.7. The predicted molar refractivity (Wildman–Crippen MR) is 491 cm³/mol. The van der Waals surface area contributed by atoms with Gasteiger partial charge in [0.05, 0.1) is 137 Å². The van der Waals surface area contributed by atoms with Gasteiger partial charge in [-0.05, 0) is 299 Å². The predicted octanol–water partition coefficient (Wildman–Crippen LogP) is 21.7. The molecule has 10 aliphatic carbocycles. The SMILES string of the molecule is C=C[C@H]1OC2(CCC3=Cc4c(cnn4-c4ccc(F)cc4)C[C@@]32C)O[C@@H]1C=C.C[C@@H]1OC2(CCC3=Cc4c(cnn4-c4ccc(F)cc4)C[C@@]32C)O[C@@H]1C.C[C@@H]1OC2(CCC3=Cc4c(cnn4-c4ccc(F)cc4)C[C@@]32C)O[C@@H]1C.C[C@@H]1OC2(CCC3=Cc4c(cnn4-c4ccc(F)cc4)C[C@@]32C)O[C@H]1C.C[C@H]1OC2(CCC3=Cc4c(cnn4-c4ccc(F)cc4)C[C@@]32C)O[C@@H]1C. The lowest BCUT2D eigenvalue weighted by Crippen LogP contribution is -2.46. The molecule has 5 aromatic heterocycles. The van der Waals surface area contributed by atoms with Gasteiger partial charge in [-0.2, -0.15) is 25.5 Å². The van der Waals surface area contributed by atoms with E-state index < -0.39 is 28.9 Å². The molecule has 25 rings (SSSR count). The van der Waals surface area contributed by atoms with Crippen LogP contribution in [0.25, 0.3) is 58.8 Å². The maximum Gasteiger partial charge on any atom is 0.179 e. The van der Waals surface area contributed by atoms with Gasteiger partial charge in [-0.15, -0.1) is 13.2 Å². The van der Waals surface area contributed by atoms with Gasteiger partial charge in [0, 0.05) is 59.2 Å². The Hall–Kier alpha value is -10.4. The van der Waals surface area contributed by atoms with Crippen molar-refractivity contribution in [1.82, 2.24) is 48.9 Å². The van der Waals surface area contributed by atoms with E-state index in [2.05, 4.69) is 159 Å². The van der Waals surface area contributed by atoms with Crippen molar-refractivity contribution in [3.05, 3.63) is 291 Å². The largest absolute Gasteiger partial charge is 0.343 e. The Bertz CT molecular complexity index is 5710. The highest BCUT2D eigenvalue weighted by atomic mass is 19.1. The maximum atomic E-state index is 13.3. The lowest BCUT2D eigenvalue weighted by Gasteiger charge is -2.42. The average Bonchev–Trinajstić information content (AvgIpc) is 1.57. The van der Waals surface area contributed by atoms with Crippen LogP contribution in [0, 0.1) is 56.2 Å². The van der Waals surface area contributed by atoms with E-state index in [0.29, 0.717) is 0 Å². The van der Waals surface area contributed by atoms with Crippen LogP contribution in [0.1, 0.15) is 211 Å². The monoisotopic (exact) mass is 1790 g/mol.